The maximum atomic E-state index is 12.8. The number of carbonyl (C=O) groups is 1. The van der Waals surface area contributed by atoms with Crippen LogP contribution in [0.15, 0.2) is 24.3 Å². The fourth-order valence-corrected chi connectivity index (χ4v) is 3.84. The molecule has 27 heavy (non-hydrogen) atoms. The van der Waals surface area contributed by atoms with Crippen LogP contribution >= 0.6 is 0 Å². The number of ether oxygens (including phenoxy) is 2. The summed E-state index contributed by atoms with van der Waals surface area (Å²) in [4.78, 5) is 19.3. The number of piperazine rings is 1. The monoisotopic (exact) mass is 377 g/mol. The Hall–Kier alpha value is -1.67. The Kier molecular flexibility index (Phi) is 7.07. The van der Waals surface area contributed by atoms with Gasteiger partial charge in [0.15, 0.2) is 0 Å². The van der Waals surface area contributed by atoms with Gasteiger partial charge in [-0.15, -0.1) is 0 Å². The summed E-state index contributed by atoms with van der Waals surface area (Å²) in [7, 11) is 1.59. The summed E-state index contributed by atoms with van der Waals surface area (Å²) < 4.78 is 11.2. The van der Waals surface area contributed by atoms with Gasteiger partial charge in [-0.3, -0.25) is 14.6 Å². The summed E-state index contributed by atoms with van der Waals surface area (Å²) in [5.74, 6) is 0.655. The summed E-state index contributed by atoms with van der Waals surface area (Å²) in [5, 5.41) is 9.59. The number of carbonyl (C=O) groups excluding carboxylic acids is 1. The van der Waals surface area contributed by atoms with E-state index in [1.165, 1.54) is 0 Å². The highest BCUT2D eigenvalue weighted by Crippen LogP contribution is 2.20. The lowest BCUT2D eigenvalue weighted by Gasteiger charge is -2.39. The Labute approximate surface area is 161 Å². The van der Waals surface area contributed by atoms with Gasteiger partial charge in [0.1, 0.15) is 5.75 Å². The van der Waals surface area contributed by atoms with Crippen LogP contribution in [0.3, 0.4) is 0 Å². The molecule has 7 nitrogen and oxygen atoms in total. The third kappa shape index (κ3) is 5.42. The summed E-state index contributed by atoms with van der Waals surface area (Å²) >= 11 is 0. The molecule has 2 heterocycles. The Bertz CT molecular complexity index is 617. The van der Waals surface area contributed by atoms with Crippen LogP contribution in [-0.4, -0.2) is 104 Å². The smallest absolute Gasteiger partial charge is 0.257 e. The number of morpholine rings is 1. The number of hydrogen-bond donors (Lipinski definition) is 1. The van der Waals surface area contributed by atoms with Crippen molar-refractivity contribution in [2.45, 2.75) is 19.1 Å². The molecular weight excluding hydrogens is 346 g/mol. The van der Waals surface area contributed by atoms with Gasteiger partial charge in [-0.25, -0.2) is 0 Å². The molecule has 2 unspecified atom stereocenters. The SMILES string of the molecule is COc1ccccc1C(=O)N1CCN(CC2CN(CC(C)O)CCO2)CC1. The topological polar surface area (TPSA) is 65.5 Å². The highest BCUT2D eigenvalue weighted by atomic mass is 16.5. The van der Waals surface area contributed by atoms with E-state index in [-0.39, 0.29) is 18.1 Å². The van der Waals surface area contributed by atoms with Crippen LogP contribution < -0.4 is 4.74 Å². The molecule has 0 aliphatic carbocycles. The first-order valence-corrected chi connectivity index (χ1v) is 9.73. The molecule has 7 heteroatoms. The number of nitrogens with zero attached hydrogens (tertiary/aromatic N) is 3. The minimum atomic E-state index is -0.312. The molecule has 2 atom stereocenters. The van der Waals surface area contributed by atoms with Gasteiger partial charge in [-0.2, -0.15) is 0 Å². The van der Waals surface area contributed by atoms with E-state index in [1.54, 1.807) is 7.11 Å². The summed E-state index contributed by atoms with van der Waals surface area (Å²) in [5.41, 5.74) is 0.623. The lowest BCUT2D eigenvalue weighted by molar-refractivity contribution is -0.0551. The van der Waals surface area contributed by atoms with Crippen LogP contribution in [0, 0.1) is 0 Å². The molecule has 0 saturated carbocycles. The predicted octanol–water partition coefficient (Wildman–Crippen LogP) is 0.535. The van der Waals surface area contributed by atoms with Gasteiger partial charge in [0.2, 0.25) is 0 Å². The fourth-order valence-electron chi connectivity index (χ4n) is 3.84. The molecule has 2 aliphatic heterocycles. The van der Waals surface area contributed by atoms with Crippen molar-refractivity contribution in [3.8, 4) is 5.75 Å². The third-order valence-corrected chi connectivity index (χ3v) is 5.20. The molecule has 3 rings (SSSR count). The van der Waals surface area contributed by atoms with E-state index < -0.39 is 0 Å². The minimum Gasteiger partial charge on any atom is -0.496 e. The standard InChI is InChI=1S/C20H31N3O4/c1-16(24)13-22-11-12-27-17(15-22)14-21-7-9-23(10-8-21)20(25)18-5-3-4-6-19(18)26-2/h3-6,16-17,24H,7-15H2,1-2H3. The minimum absolute atomic E-state index is 0.0316. The van der Waals surface area contributed by atoms with E-state index in [2.05, 4.69) is 9.80 Å². The zero-order chi connectivity index (χ0) is 19.2. The predicted molar refractivity (Wildman–Crippen MR) is 103 cm³/mol. The molecule has 0 bridgehead atoms. The average Bonchev–Trinajstić information content (AvgIpc) is 2.68. The second-order valence-corrected chi connectivity index (χ2v) is 7.39. The largest absolute Gasteiger partial charge is 0.496 e. The molecule has 0 aromatic heterocycles. The lowest BCUT2D eigenvalue weighted by atomic mass is 10.1. The molecule has 1 amide bonds. The van der Waals surface area contributed by atoms with E-state index in [0.717, 1.165) is 32.7 Å². The number of para-hydroxylation sites is 1. The zero-order valence-corrected chi connectivity index (χ0v) is 16.3. The first-order valence-electron chi connectivity index (χ1n) is 9.73. The molecule has 1 N–H and O–H groups in total. The molecule has 2 aliphatic rings. The van der Waals surface area contributed by atoms with Crippen molar-refractivity contribution in [1.29, 1.82) is 0 Å². The maximum Gasteiger partial charge on any atom is 0.257 e. The number of aliphatic hydroxyl groups is 1. The van der Waals surface area contributed by atoms with E-state index in [9.17, 15) is 9.90 Å². The second kappa shape index (κ2) is 9.50. The Morgan fingerprint density at radius 3 is 2.67 bits per heavy atom. The van der Waals surface area contributed by atoms with Gasteiger partial charge < -0.3 is 19.5 Å². The molecule has 2 saturated heterocycles. The first kappa shape index (κ1) is 20.1. The van der Waals surface area contributed by atoms with Crippen molar-refractivity contribution >= 4 is 5.91 Å². The summed E-state index contributed by atoms with van der Waals surface area (Å²) in [6, 6.07) is 7.38. The van der Waals surface area contributed by atoms with Crippen LogP contribution in [0.1, 0.15) is 17.3 Å². The van der Waals surface area contributed by atoms with Gasteiger partial charge in [-0.1, -0.05) is 12.1 Å². The summed E-state index contributed by atoms with van der Waals surface area (Å²) in [6.45, 7) is 8.93. The normalized spacial score (nSPS) is 23.2. The van der Waals surface area contributed by atoms with Crippen molar-refractivity contribution < 1.29 is 19.4 Å². The van der Waals surface area contributed by atoms with Crippen molar-refractivity contribution in [3.05, 3.63) is 29.8 Å². The number of methoxy groups -OCH3 is 1. The highest BCUT2D eigenvalue weighted by molar-refractivity contribution is 5.97. The van der Waals surface area contributed by atoms with Gasteiger partial charge >= 0.3 is 0 Å². The second-order valence-electron chi connectivity index (χ2n) is 7.39. The Morgan fingerprint density at radius 1 is 1.22 bits per heavy atom. The van der Waals surface area contributed by atoms with E-state index in [0.29, 0.717) is 37.6 Å². The van der Waals surface area contributed by atoms with E-state index >= 15 is 0 Å². The van der Waals surface area contributed by atoms with Crippen molar-refractivity contribution in [2.24, 2.45) is 0 Å². The number of amides is 1. The Morgan fingerprint density at radius 2 is 1.96 bits per heavy atom. The molecular formula is C20H31N3O4. The highest BCUT2D eigenvalue weighted by Gasteiger charge is 2.27. The molecule has 0 radical (unpaired) electrons. The Balaban J connectivity index is 1.48. The lowest BCUT2D eigenvalue weighted by Crippen LogP contribution is -2.54. The van der Waals surface area contributed by atoms with Crippen LogP contribution in [0.5, 0.6) is 5.75 Å². The molecule has 0 spiro atoms. The van der Waals surface area contributed by atoms with Gasteiger partial charge in [0.25, 0.3) is 5.91 Å². The molecule has 2 fully saturated rings. The number of hydrogen-bond acceptors (Lipinski definition) is 6. The molecule has 150 valence electrons. The zero-order valence-electron chi connectivity index (χ0n) is 16.3. The third-order valence-electron chi connectivity index (χ3n) is 5.20. The number of β-amino-alcohol motifs (C(OH)–C–C–N with tert-alkyl or cyclic N) is 1. The van der Waals surface area contributed by atoms with Gasteiger partial charge in [0.05, 0.1) is 31.5 Å². The van der Waals surface area contributed by atoms with Crippen LogP contribution in [-0.2, 0) is 4.74 Å². The quantitative estimate of drug-likeness (QED) is 0.780. The maximum absolute atomic E-state index is 12.8. The van der Waals surface area contributed by atoms with Crippen LogP contribution in [0.4, 0.5) is 0 Å². The average molecular weight is 377 g/mol. The number of benzene rings is 1. The first-order chi connectivity index (χ1) is 13.1. The van der Waals surface area contributed by atoms with Gasteiger partial charge in [-0.05, 0) is 19.1 Å². The summed E-state index contributed by atoms with van der Waals surface area (Å²) in [6.07, 6.45) is -0.151. The van der Waals surface area contributed by atoms with Crippen molar-refractivity contribution in [3.63, 3.8) is 0 Å². The van der Waals surface area contributed by atoms with Crippen LogP contribution in [0.25, 0.3) is 0 Å². The number of aliphatic hydroxyl groups excluding tert-OH is 1. The fraction of sp³-hybridized carbons (Fsp3) is 0.650. The molecule has 1 aromatic rings. The molecule has 1 aromatic carbocycles. The van der Waals surface area contributed by atoms with E-state index in [1.807, 2.05) is 36.1 Å². The van der Waals surface area contributed by atoms with Crippen molar-refractivity contribution in [2.75, 3.05) is 66.1 Å². The number of rotatable bonds is 6. The van der Waals surface area contributed by atoms with Crippen molar-refractivity contribution in [1.82, 2.24) is 14.7 Å². The van der Waals surface area contributed by atoms with E-state index in [4.69, 9.17) is 9.47 Å². The van der Waals surface area contributed by atoms with Gasteiger partial charge in [0, 0.05) is 52.4 Å². The van der Waals surface area contributed by atoms with Crippen LogP contribution in [0.2, 0.25) is 0 Å².